The minimum absolute atomic E-state index is 0.0666. The maximum absolute atomic E-state index is 10.5. The highest BCUT2D eigenvalue weighted by atomic mass is 32.2. The van der Waals surface area contributed by atoms with Crippen LogP contribution < -0.4 is 5.32 Å². The summed E-state index contributed by atoms with van der Waals surface area (Å²) in [5, 5.41) is 3.46. The minimum atomic E-state index is -4.02. The van der Waals surface area contributed by atoms with Crippen LogP contribution in [0.1, 0.15) is 12.0 Å². The van der Waals surface area contributed by atoms with E-state index in [9.17, 15) is 8.42 Å². The van der Waals surface area contributed by atoms with E-state index in [1.165, 1.54) is 30.1 Å². The summed E-state index contributed by atoms with van der Waals surface area (Å²) in [4.78, 5) is -0.0666. The van der Waals surface area contributed by atoms with Crippen molar-refractivity contribution >= 4 is 21.9 Å². The fraction of sp³-hybridized carbons (Fsp3) is 0.500. The van der Waals surface area contributed by atoms with Gasteiger partial charge in [0.25, 0.3) is 10.1 Å². The summed E-state index contributed by atoms with van der Waals surface area (Å²) in [6.45, 7) is 1.84. The van der Waals surface area contributed by atoms with Crippen molar-refractivity contribution in [1.29, 1.82) is 0 Å². The highest BCUT2D eigenvalue weighted by Gasteiger charge is 2.31. The van der Waals surface area contributed by atoms with Crippen molar-refractivity contribution in [2.75, 3.05) is 11.5 Å². The molecule has 0 radical (unpaired) electrons. The van der Waals surface area contributed by atoms with Crippen molar-refractivity contribution in [3.8, 4) is 0 Å². The van der Waals surface area contributed by atoms with Gasteiger partial charge in [0.15, 0.2) is 0 Å². The van der Waals surface area contributed by atoms with Gasteiger partial charge in [-0.15, -0.1) is 0 Å². The lowest BCUT2D eigenvalue weighted by Crippen LogP contribution is -2.58. The van der Waals surface area contributed by atoms with Crippen LogP contribution in [0.15, 0.2) is 29.2 Å². The molecule has 2 unspecified atom stereocenters. The molecule has 0 aliphatic carbocycles. The smallest absolute Gasteiger partial charge is 0.294 e. The van der Waals surface area contributed by atoms with Crippen LogP contribution in [-0.4, -0.2) is 36.6 Å². The Kier molecular flexibility index (Phi) is 4.32. The fourth-order valence-corrected chi connectivity index (χ4v) is 3.60. The molecular weight excluding hydrogens is 270 g/mol. The molecule has 2 bridgehead atoms. The second-order valence-corrected chi connectivity index (χ2v) is 7.12. The van der Waals surface area contributed by atoms with E-state index in [-0.39, 0.29) is 4.90 Å². The Morgan fingerprint density at radius 1 is 1.22 bits per heavy atom. The van der Waals surface area contributed by atoms with E-state index < -0.39 is 10.1 Å². The zero-order chi connectivity index (χ0) is 13.2. The van der Waals surface area contributed by atoms with Crippen LogP contribution in [0.25, 0.3) is 0 Å². The lowest BCUT2D eigenvalue weighted by molar-refractivity contribution is 0.300. The number of fused-ring (bicyclic) bond motifs is 2. The van der Waals surface area contributed by atoms with Crippen LogP contribution in [0.2, 0.25) is 0 Å². The predicted octanol–water partition coefficient (Wildman–Crippen LogP) is 1.71. The Labute approximate surface area is 112 Å². The number of aryl methyl sites for hydroxylation is 1. The zero-order valence-electron chi connectivity index (χ0n) is 10.2. The first-order chi connectivity index (χ1) is 8.45. The largest absolute Gasteiger partial charge is 0.309 e. The summed E-state index contributed by atoms with van der Waals surface area (Å²) in [5.74, 6) is 2.72. The van der Waals surface area contributed by atoms with Gasteiger partial charge in [-0.05, 0) is 25.5 Å². The highest BCUT2D eigenvalue weighted by molar-refractivity contribution is 7.99. The molecule has 0 spiro atoms. The van der Waals surface area contributed by atoms with Crippen molar-refractivity contribution in [2.24, 2.45) is 0 Å². The monoisotopic (exact) mass is 287 g/mol. The van der Waals surface area contributed by atoms with Crippen LogP contribution in [0.4, 0.5) is 0 Å². The number of benzene rings is 1. The molecule has 0 aromatic heterocycles. The Balaban J connectivity index is 0.000000146. The first kappa shape index (κ1) is 13.9. The van der Waals surface area contributed by atoms with Crippen LogP contribution in [0.3, 0.4) is 0 Å². The average Bonchev–Trinajstić information content (AvgIpc) is 2.29. The maximum atomic E-state index is 10.5. The molecule has 2 atom stereocenters. The van der Waals surface area contributed by atoms with Gasteiger partial charge < -0.3 is 5.32 Å². The van der Waals surface area contributed by atoms with E-state index >= 15 is 0 Å². The zero-order valence-corrected chi connectivity index (χ0v) is 11.8. The second-order valence-electron chi connectivity index (χ2n) is 4.62. The molecule has 100 valence electrons. The third-order valence-electron chi connectivity index (χ3n) is 3.00. The lowest BCUT2D eigenvalue weighted by Gasteiger charge is -2.41. The van der Waals surface area contributed by atoms with Crippen molar-refractivity contribution in [3.63, 3.8) is 0 Å². The van der Waals surface area contributed by atoms with E-state index in [1.807, 2.05) is 6.92 Å². The van der Waals surface area contributed by atoms with Gasteiger partial charge >= 0.3 is 0 Å². The molecule has 3 aliphatic heterocycles. The molecule has 3 heterocycles. The molecule has 3 aliphatic rings. The maximum Gasteiger partial charge on any atom is 0.294 e. The SMILES string of the molecule is C1SCC2CC1N2.Cc1ccc(S(=O)(=O)O)cc1. The topological polar surface area (TPSA) is 66.4 Å². The molecule has 1 aromatic rings. The van der Waals surface area contributed by atoms with E-state index in [0.29, 0.717) is 0 Å². The molecule has 2 N–H and O–H groups in total. The number of thioether (sulfide) groups is 1. The second kappa shape index (κ2) is 5.61. The molecular formula is C12H17NO3S2. The van der Waals surface area contributed by atoms with E-state index in [2.05, 4.69) is 17.1 Å². The standard InChI is InChI=1S/C7H8O3S.C5H9NS/c1-6-2-4-7(5-3-6)11(8,9)10;1-4-2-7-3-5(1)6-4/h2-5H,1H3,(H,8,9,10);4-6H,1-3H2. The van der Waals surface area contributed by atoms with Crippen molar-refractivity contribution < 1.29 is 13.0 Å². The van der Waals surface area contributed by atoms with Gasteiger partial charge in [0, 0.05) is 23.6 Å². The van der Waals surface area contributed by atoms with Crippen LogP contribution in [-0.2, 0) is 10.1 Å². The molecule has 4 rings (SSSR count). The van der Waals surface area contributed by atoms with Gasteiger partial charge in [-0.2, -0.15) is 20.2 Å². The average molecular weight is 287 g/mol. The van der Waals surface area contributed by atoms with Crippen LogP contribution >= 0.6 is 11.8 Å². The van der Waals surface area contributed by atoms with Crippen molar-refractivity contribution in [2.45, 2.75) is 30.3 Å². The molecule has 3 fully saturated rings. The molecule has 1 aromatic carbocycles. The first-order valence-corrected chi connectivity index (χ1v) is 8.42. The van der Waals surface area contributed by atoms with Gasteiger partial charge in [0.1, 0.15) is 0 Å². The first-order valence-electron chi connectivity index (χ1n) is 5.83. The minimum Gasteiger partial charge on any atom is -0.309 e. The molecule has 0 amide bonds. The van der Waals surface area contributed by atoms with E-state index in [1.54, 1.807) is 12.1 Å². The molecule has 0 saturated carbocycles. The third-order valence-corrected chi connectivity index (χ3v) is 5.14. The summed E-state index contributed by atoms with van der Waals surface area (Å²) in [6, 6.07) is 7.77. The highest BCUT2D eigenvalue weighted by Crippen LogP contribution is 2.25. The number of nitrogens with one attached hydrogen (secondary N) is 1. The molecule has 6 heteroatoms. The lowest BCUT2D eigenvalue weighted by atomic mass is 10.00. The number of rotatable bonds is 1. The number of hydrogen-bond donors (Lipinski definition) is 2. The summed E-state index contributed by atoms with van der Waals surface area (Å²) in [5.41, 5.74) is 0.956. The summed E-state index contributed by atoms with van der Waals surface area (Å²) >= 11 is 2.09. The van der Waals surface area contributed by atoms with Gasteiger partial charge in [0.2, 0.25) is 0 Å². The number of hydrogen-bond acceptors (Lipinski definition) is 4. The molecule has 3 saturated heterocycles. The Morgan fingerprint density at radius 2 is 1.72 bits per heavy atom. The van der Waals surface area contributed by atoms with E-state index in [4.69, 9.17) is 4.55 Å². The summed E-state index contributed by atoms with van der Waals surface area (Å²) < 4.78 is 29.6. The molecule has 4 nitrogen and oxygen atoms in total. The summed E-state index contributed by atoms with van der Waals surface area (Å²) in [7, 11) is -4.02. The van der Waals surface area contributed by atoms with Crippen LogP contribution in [0, 0.1) is 6.92 Å². The van der Waals surface area contributed by atoms with Gasteiger partial charge in [-0.25, -0.2) is 0 Å². The van der Waals surface area contributed by atoms with E-state index in [0.717, 1.165) is 17.6 Å². The Hall–Kier alpha value is -0.560. The van der Waals surface area contributed by atoms with Gasteiger partial charge in [-0.1, -0.05) is 17.7 Å². The fourth-order valence-electron chi connectivity index (χ4n) is 1.95. The quantitative estimate of drug-likeness (QED) is 0.770. The van der Waals surface area contributed by atoms with Gasteiger partial charge in [0.05, 0.1) is 4.90 Å². The summed E-state index contributed by atoms with van der Waals surface area (Å²) in [6.07, 6.45) is 1.45. The normalized spacial score (nSPS) is 25.7. The Morgan fingerprint density at radius 3 is 2.00 bits per heavy atom. The Bertz CT molecular complexity index is 479. The predicted molar refractivity (Wildman–Crippen MR) is 73.6 cm³/mol. The van der Waals surface area contributed by atoms with Gasteiger partial charge in [-0.3, -0.25) is 4.55 Å². The van der Waals surface area contributed by atoms with Crippen molar-refractivity contribution in [3.05, 3.63) is 29.8 Å². The van der Waals surface area contributed by atoms with Crippen LogP contribution in [0.5, 0.6) is 0 Å². The third kappa shape index (κ3) is 3.71. The van der Waals surface area contributed by atoms with Crippen molar-refractivity contribution in [1.82, 2.24) is 5.32 Å². The molecule has 18 heavy (non-hydrogen) atoms.